The predicted octanol–water partition coefficient (Wildman–Crippen LogP) is 3.88. The molecule has 2 aromatic rings. The van der Waals surface area contributed by atoms with Gasteiger partial charge in [-0.2, -0.15) is 0 Å². The summed E-state index contributed by atoms with van der Waals surface area (Å²) >= 11 is 9.41. The van der Waals surface area contributed by atoms with Crippen molar-refractivity contribution in [1.82, 2.24) is 9.88 Å². The number of nitrogens with zero attached hydrogens (tertiary/aromatic N) is 2. The van der Waals surface area contributed by atoms with Crippen LogP contribution in [0.4, 0.5) is 5.82 Å². The van der Waals surface area contributed by atoms with Gasteiger partial charge in [0.25, 0.3) is 0 Å². The third kappa shape index (κ3) is 5.09. The number of aromatic nitrogens is 1. The van der Waals surface area contributed by atoms with E-state index in [1.165, 1.54) is 0 Å². The smallest absolute Gasteiger partial charge is 0.239 e. The quantitative estimate of drug-likeness (QED) is 0.853. The zero-order valence-corrected chi connectivity index (χ0v) is 14.8. The van der Waals surface area contributed by atoms with Gasteiger partial charge < -0.3 is 5.32 Å². The number of benzene rings is 1. The first kappa shape index (κ1) is 16.9. The number of likely N-dealkylation sites (N-methyl/N-ethyl adjacent to an activating group) is 1. The fraction of sp³-hybridized carbons (Fsp3) is 0.250. The minimum Gasteiger partial charge on any atom is -0.310 e. The van der Waals surface area contributed by atoms with Crippen molar-refractivity contribution in [2.24, 2.45) is 0 Å². The molecule has 0 atom stereocenters. The van der Waals surface area contributed by atoms with E-state index in [1.807, 2.05) is 43.1 Å². The molecule has 0 radical (unpaired) electrons. The van der Waals surface area contributed by atoms with Gasteiger partial charge in [-0.25, -0.2) is 4.98 Å². The van der Waals surface area contributed by atoms with E-state index in [0.717, 1.165) is 15.6 Å². The summed E-state index contributed by atoms with van der Waals surface area (Å²) in [6.45, 7) is 2.88. The number of hydrogen-bond acceptors (Lipinski definition) is 3. The molecule has 0 fully saturated rings. The Morgan fingerprint density at radius 1 is 1.36 bits per heavy atom. The lowest BCUT2D eigenvalue weighted by Crippen LogP contribution is -2.30. The summed E-state index contributed by atoms with van der Waals surface area (Å²) in [5, 5.41) is 3.47. The van der Waals surface area contributed by atoms with Crippen molar-refractivity contribution in [3.63, 3.8) is 0 Å². The number of nitrogens with one attached hydrogen (secondary N) is 1. The Bertz CT molecular complexity index is 661. The van der Waals surface area contributed by atoms with Gasteiger partial charge >= 0.3 is 0 Å². The van der Waals surface area contributed by atoms with Gasteiger partial charge in [-0.3, -0.25) is 9.69 Å². The Hall–Kier alpha value is -1.43. The van der Waals surface area contributed by atoms with Gasteiger partial charge in [0.1, 0.15) is 5.82 Å². The topological polar surface area (TPSA) is 45.2 Å². The average molecular weight is 383 g/mol. The number of rotatable bonds is 5. The van der Waals surface area contributed by atoms with Gasteiger partial charge in [-0.05, 0) is 43.3 Å². The Kier molecular flexibility index (Phi) is 5.94. The summed E-state index contributed by atoms with van der Waals surface area (Å²) in [4.78, 5) is 18.1. The van der Waals surface area contributed by atoms with Crippen LogP contribution in [0, 0.1) is 6.92 Å². The van der Waals surface area contributed by atoms with Gasteiger partial charge in [0.05, 0.1) is 6.54 Å². The van der Waals surface area contributed by atoms with Crippen molar-refractivity contribution in [2.45, 2.75) is 13.5 Å². The molecule has 1 N–H and O–H groups in total. The van der Waals surface area contributed by atoms with E-state index in [-0.39, 0.29) is 12.5 Å². The highest BCUT2D eigenvalue weighted by molar-refractivity contribution is 9.10. The summed E-state index contributed by atoms with van der Waals surface area (Å²) in [5.41, 5.74) is 2.14. The average Bonchev–Trinajstić information content (AvgIpc) is 2.44. The second kappa shape index (κ2) is 7.72. The summed E-state index contributed by atoms with van der Waals surface area (Å²) in [6, 6.07) is 9.34. The van der Waals surface area contributed by atoms with Crippen LogP contribution in [0.15, 0.2) is 41.0 Å². The Balaban J connectivity index is 1.89. The molecule has 0 spiro atoms. The molecule has 1 amide bonds. The minimum atomic E-state index is -0.0936. The minimum absolute atomic E-state index is 0.0936. The van der Waals surface area contributed by atoms with Gasteiger partial charge in [-0.1, -0.05) is 39.7 Å². The van der Waals surface area contributed by atoms with E-state index >= 15 is 0 Å². The third-order valence-electron chi connectivity index (χ3n) is 3.05. The molecule has 6 heteroatoms. The first-order chi connectivity index (χ1) is 10.4. The number of aryl methyl sites for hydroxylation is 1. The zero-order valence-electron chi connectivity index (χ0n) is 12.4. The molecule has 0 aliphatic heterocycles. The molecule has 1 aromatic carbocycles. The number of pyridine rings is 1. The van der Waals surface area contributed by atoms with Gasteiger partial charge in [0.15, 0.2) is 0 Å². The highest BCUT2D eigenvalue weighted by atomic mass is 79.9. The maximum atomic E-state index is 12.0. The normalized spacial score (nSPS) is 10.8. The highest BCUT2D eigenvalue weighted by Crippen LogP contribution is 2.22. The molecule has 0 aliphatic rings. The SMILES string of the molecule is Cc1ccc(NC(=O)CN(C)Cc2ccc(Cl)cc2Br)nc1. The van der Waals surface area contributed by atoms with E-state index in [9.17, 15) is 4.79 Å². The standard InChI is InChI=1S/C16H17BrClN3O/c1-11-3-6-15(19-8-11)20-16(22)10-21(2)9-12-4-5-13(18)7-14(12)17/h3-8H,9-10H2,1-2H3,(H,19,20,22). The van der Waals surface area contributed by atoms with Crippen molar-refractivity contribution < 1.29 is 4.79 Å². The highest BCUT2D eigenvalue weighted by Gasteiger charge is 2.10. The molecule has 22 heavy (non-hydrogen) atoms. The van der Waals surface area contributed by atoms with Crippen molar-refractivity contribution in [2.75, 3.05) is 18.9 Å². The van der Waals surface area contributed by atoms with Crippen LogP contribution in [0.25, 0.3) is 0 Å². The molecule has 116 valence electrons. The number of hydrogen-bond donors (Lipinski definition) is 1. The Morgan fingerprint density at radius 2 is 2.14 bits per heavy atom. The van der Waals surface area contributed by atoms with Crippen LogP contribution in [0.3, 0.4) is 0 Å². The number of halogens is 2. The van der Waals surface area contributed by atoms with Crippen molar-refractivity contribution in [1.29, 1.82) is 0 Å². The van der Waals surface area contributed by atoms with Gasteiger partial charge in [0, 0.05) is 22.2 Å². The number of amides is 1. The monoisotopic (exact) mass is 381 g/mol. The number of anilines is 1. The van der Waals surface area contributed by atoms with E-state index in [1.54, 1.807) is 12.3 Å². The molecule has 0 bridgehead atoms. The van der Waals surface area contributed by atoms with Crippen LogP contribution in [-0.2, 0) is 11.3 Å². The molecule has 0 unspecified atom stereocenters. The van der Waals surface area contributed by atoms with Gasteiger partial charge in [0.2, 0.25) is 5.91 Å². The predicted molar refractivity (Wildman–Crippen MR) is 93.1 cm³/mol. The van der Waals surface area contributed by atoms with Crippen LogP contribution in [0.2, 0.25) is 5.02 Å². The van der Waals surface area contributed by atoms with Crippen molar-refractivity contribution >= 4 is 39.3 Å². The lowest BCUT2D eigenvalue weighted by atomic mass is 10.2. The largest absolute Gasteiger partial charge is 0.310 e. The fourth-order valence-electron chi connectivity index (χ4n) is 1.97. The molecule has 0 saturated heterocycles. The van der Waals surface area contributed by atoms with Crippen molar-refractivity contribution in [3.05, 3.63) is 57.2 Å². The van der Waals surface area contributed by atoms with Crippen LogP contribution in [-0.4, -0.2) is 29.4 Å². The molecule has 0 saturated carbocycles. The molecule has 1 aromatic heterocycles. The van der Waals surface area contributed by atoms with E-state index < -0.39 is 0 Å². The van der Waals surface area contributed by atoms with E-state index in [0.29, 0.717) is 17.4 Å². The first-order valence-corrected chi connectivity index (χ1v) is 7.96. The van der Waals surface area contributed by atoms with Crippen LogP contribution in [0.1, 0.15) is 11.1 Å². The molecule has 4 nitrogen and oxygen atoms in total. The molecule has 2 rings (SSSR count). The lowest BCUT2D eigenvalue weighted by Gasteiger charge is -2.17. The maximum Gasteiger partial charge on any atom is 0.239 e. The Labute approximate surface area is 143 Å². The maximum absolute atomic E-state index is 12.0. The molecular weight excluding hydrogens is 366 g/mol. The van der Waals surface area contributed by atoms with E-state index in [2.05, 4.69) is 26.2 Å². The summed E-state index contributed by atoms with van der Waals surface area (Å²) in [6.07, 6.45) is 1.73. The molecular formula is C16H17BrClN3O. The van der Waals surface area contributed by atoms with Gasteiger partial charge in [-0.15, -0.1) is 0 Å². The molecule has 1 heterocycles. The van der Waals surface area contributed by atoms with Crippen LogP contribution < -0.4 is 5.32 Å². The Morgan fingerprint density at radius 3 is 2.77 bits per heavy atom. The first-order valence-electron chi connectivity index (χ1n) is 6.79. The number of carbonyl (C=O) groups is 1. The second-order valence-corrected chi connectivity index (χ2v) is 6.47. The summed E-state index contributed by atoms with van der Waals surface area (Å²) < 4.78 is 0.937. The molecule has 0 aliphatic carbocycles. The number of carbonyl (C=O) groups excluding carboxylic acids is 1. The van der Waals surface area contributed by atoms with Crippen molar-refractivity contribution in [3.8, 4) is 0 Å². The fourth-order valence-corrected chi connectivity index (χ4v) is 2.77. The lowest BCUT2D eigenvalue weighted by molar-refractivity contribution is -0.117. The second-order valence-electron chi connectivity index (χ2n) is 5.18. The third-order valence-corrected chi connectivity index (χ3v) is 4.02. The van der Waals surface area contributed by atoms with Crippen LogP contribution >= 0.6 is 27.5 Å². The summed E-state index contributed by atoms with van der Waals surface area (Å²) in [7, 11) is 1.89. The summed E-state index contributed by atoms with van der Waals surface area (Å²) in [5.74, 6) is 0.473. The zero-order chi connectivity index (χ0) is 16.1. The van der Waals surface area contributed by atoms with Crippen LogP contribution in [0.5, 0.6) is 0 Å². The van der Waals surface area contributed by atoms with E-state index in [4.69, 9.17) is 11.6 Å².